The Hall–Kier alpha value is -0.570. The predicted octanol–water partition coefficient (Wildman–Crippen LogP) is 2.41. The number of carbonyl (C=O) groups is 1. The number of likely N-dealkylation sites (N-methyl/N-ethyl adjacent to an activating group) is 1. The predicted molar refractivity (Wildman–Crippen MR) is 74.4 cm³/mol. The zero-order chi connectivity index (χ0) is 13.3. The van der Waals surface area contributed by atoms with Crippen molar-refractivity contribution in [1.82, 2.24) is 10.2 Å². The highest BCUT2D eigenvalue weighted by Gasteiger charge is 2.39. The fourth-order valence-electron chi connectivity index (χ4n) is 3.57. The Labute approximate surface area is 111 Å². The Morgan fingerprint density at radius 3 is 2.56 bits per heavy atom. The highest BCUT2D eigenvalue weighted by Crippen LogP contribution is 2.33. The third kappa shape index (κ3) is 3.25. The lowest BCUT2D eigenvalue weighted by molar-refractivity contribution is -0.133. The van der Waals surface area contributed by atoms with Gasteiger partial charge in [0.2, 0.25) is 5.91 Å². The van der Waals surface area contributed by atoms with Crippen LogP contribution in [0.4, 0.5) is 0 Å². The van der Waals surface area contributed by atoms with Crippen LogP contribution in [0.15, 0.2) is 0 Å². The average molecular weight is 252 g/mol. The number of nitrogens with one attached hydrogen (secondary N) is 1. The molecule has 104 valence electrons. The number of hydrogen-bond acceptors (Lipinski definition) is 2. The van der Waals surface area contributed by atoms with Crippen LogP contribution in [0.3, 0.4) is 0 Å². The van der Waals surface area contributed by atoms with Gasteiger partial charge in [-0.05, 0) is 30.6 Å². The molecule has 1 heterocycles. The van der Waals surface area contributed by atoms with Crippen molar-refractivity contribution in [1.29, 1.82) is 0 Å². The summed E-state index contributed by atoms with van der Waals surface area (Å²) in [6, 6.07) is 0.682. The molecule has 1 amide bonds. The molecule has 1 aliphatic carbocycles. The molecule has 0 aromatic carbocycles. The standard InChI is InChI=1S/C15H28N2O/c1-15(2,3)10-17(4)14(18)13-9-11-7-5-6-8-12(11)16-13/h11-13,16H,5-10H2,1-4H3. The first kappa shape index (κ1) is 13.9. The van der Waals surface area contributed by atoms with E-state index in [2.05, 4.69) is 26.1 Å². The van der Waals surface area contributed by atoms with E-state index in [0.29, 0.717) is 11.9 Å². The first-order valence-corrected chi connectivity index (χ1v) is 7.38. The van der Waals surface area contributed by atoms with Crippen molar-refractivity contribution in [3.05, 3.63) is 0 Å². The van der Waals surface area contributed by atoms with E-state index >= 15 is 0 Å². The van der Waals surface area contributed by atoms with E-state index in [1.165, 1.54) is 25.7 Å². The summed E-state index contributed by atoms with van der Waals surface area (Å²) in [5.41, 5.74) is 0.176. The third-order valence-corrected chi connectivity index (χ3v) is 4.25. The van der Waals surface area contributed by atoms with Crippen LogP contribution in [-0.4, -0.2) is 36.5 Å². The van der Waals surface area contributed by atoms with E-state index in [9.17, 15) is 4.79 Å². The Bertz CT molecular complexity index is 294. The molecule has 0 aromatic rings. The minimum absolute atomic E-state index is 0.0745. The molecule has 1 saturated heterocycles. The van der Waals surface area contributed by atoms with Gasteiger partial charge >= 0.3 is 0 Å². The Balaban J connectivity index is 1.90. The molecule has 1 saturated carbocycles. The van der Waals surface area contributed by atoms with E-state index in [4.69, 9.17) is 0 Å². The fourth-order valence-corrected chi connectivity index (χ4v) is 3.57. The molecule has 2 aliphatic rings. The SMILES string of the molecule is CN(CC(C)(C)C)C(=O)C1CC2CCCCC2N1. The maximum Gasteiger partial charge on any atom is 0.239 e. The Morgan fingerprint density at radius 2 is 1.94 bits per heavy atom. The number of carbonyl (C=O) groups excluding carboxylic acids is 1. The topological polar surface area (TPSA) is 32.3 Å². The molecule has 3 nitrogen and oxygen atoms in total. The summed E-state index contributed by atoms with van der Waals surface area (Å²) < 4.78 is 0. The normalized spacial score (nSPS) is 32.1. The highest BCUT2D eigenvalue weighted by molar-refractivity contribution is 5.82. The van der Waals surface area contributed by atoms with Crippen LogP contribution in [0, 0.1) is 11.3 Å². The second-order valence-electron chi connectivity index (χ2n) is 7.36. The van der Waals surface area contributed by atoms with Crippen LogP contribution in [0.25, 0.3) is 0 Å². The van der Waals surface area contributed by atoms with Crippen LogP contribution in [0.5, 0.6) is 0 Å². The number of fused-ring (bicyclic) bond motifs is 1. The minimum atomic E-state index is 0.0745. The van der Waals surface area contributed by atoms with Gasteiger partial charge in [0, 0.05) is 19.6 Å². The van der Waals surface area contributed by atoms with E-state index in [1.54, 1.807) is 0 Å². The van der Waals surface area contributed by atoms with Crippen LogP contribution < -0.4 is 5.32 Å². The van der Waals surface area contributed by atoms with Gasteiger partial charge in [-0.3, -0.25) is 4.79 Å². The maximum absolute atomic E-state index is 12.4. The third-order valence-electron chi connectivity index (χ3n) is 4.25. The van der Waals surface area contributed by atoms with Crippen molar-refractivity contribution in [2.24, 2.45) is 11.3 Å². The zero-order valence-corrected chi connectivity index (χ0v) is 12.3. The molecule has 0 spiro atoms. The molecule has 1 N–H and O–H groups in total. The van der Waals surface area contributed by atoms with Crippen LogP contribution in [-0.2, 0) is 4.79 Å². The maximum atomic E-state index is 12.4. The summed E-state index contributed by atoms with van der Waals surface area (Å²) in [7, 11) is 1.94. The Morgan fingerprint density at radius 1 is 1.28 bits per heavy atom. The van der Waals surface area contributed by atoms with Gasteiger partial charge in [-0.1, -0.05) is 33.6 Å². The zero-order valence-electron chi connectivity index (χ0n) is 12.3. The highest BCUT2D eigenvalue weighted by atomic mass is 16.2. The van der Waals surface area contributed by atoms with E-state index in [0.717, 1.165) is 18.9 Å². The largest absolute Gasteiger partial charge is 0.344 e. The molecule has 3 heteroatoms. The van der Waals surface area contributed by atoms with Gasteiger partial charge in [-0.25, -0.2) is 0 Å². The van der Waals surface area contributed by atoms with Crippen molar-refractivity contribution >= 4 is 5.91 Å². The summed E-state index contributed by atoms with van der Waals surface area (Å²) >= 11 is 0. The molecule has 0 bridgehead atoms. The number of nitrogens with zero attached hydrogens (tertiary/aromatic N) is 1. The average Bonchev–Trinajstić information content (AvgIpc) is 2.68. The molecule has 1 aliphatic heterocycles. The molecular formula is C15H28N2O. The van der Waals surface area contributed by atoms with E-state index in [-0.39, 0.29) is 11.5 Å². The smallest absolute Gasteiger partial charge is 0.239 e. The van der Waals surface area contributed by atoms with Crippen molar-refractivity contribution < 1.29 is 4.79 Å². The molecule has 3 unspecified atom stereocenters. The van der Waals surface area contributed by atoms with Crippen molar-refractivity contribution in [2.75, 3.05) is 13.6 Å². The molecule has 2 rings (SSSR count). The van der Waals surface area contributed by atoms with Gasteiger partial charge < -0.3 is 10.2 Å². The molecular weight excluding hydrogens is 224 g/mol. The van der Waals surface area contributed by atoms with E-state index in [1.807, 2.05) is 11.9 Å². The van der Waals surface area contributed by atoms with Crippen molar-refractivity contribution in [2.45, 2.75) is 65.0 Å². The van der Waals surface area contributed by atoms with Crippen LogP contribution in [0.2, 0.25) is 0 Å². The molecule has 0 radical (unpaired) electrons. The first-order chi connectivity index (χ1) is 8.37. The minimum Gasteiger partial charge on any atom is -0.344 e. The van der Waals surface area contributed by atoms with Crippen LogP contribution in [0.1, 0.15) is 52.9 Å². The number of hydrogen-bond donors (Lipinski definition) is 1. The fraction of sp³-hybridized carbons (Fsp3) is 0.933. The van der Waals surface area contributed by atoms with Gasteiger partial charge in [0.05, 0.1) is 6.04 Å². The first-order valence-electron chi connectivity index (χ1n) is 7.38. The monoisotopic (exact) mass is 252 g/mol. The van der Waals surface area contributed by atoms with Crippen molar-refractivity contribution in [3.63, 3.8) is 0 Å². The van der Waals surface area contributed by atoms with Gasteiger partial charge in [0.15, 0.2) is 0 Å². The number of rotatable bonds is 2. The van der Waals surface area contributed by atoms with Crippen molar-refractivity contribution in [3.8, 4) is 0 Å². The lowest BCUT2D eigenvalue weighted by atomic mass is 9.85. The second-order valence-corrected chi connectivity index (χ2v) is 7.36. The second kappa shape index (κ2) is 5.20. The lowest BCUT2D eigenvalue weighted by Gasteiger charge is -2.28. The summed E-state index contributed by atoms with van der Waals surface area (Å²) in [6.45, 7) is 7.37. The van der Waals surface area contributed by atoms with Gasteiger partial charge in [0.1, 0.15) is 0 Å². The van der Waals surface area contributed by atoms with Gasteiger partial charge in [0.25, 0.3) is 0 Å². The molecule has 0 aromatic heterocycles. The summed E-state index contributed by atoms with van der Waals surface area (Å²) in [4.78, 5) is 14.3. The van der Waals surface area contributed by atoms with Crippen LogP contribution >= 0.6 is 0 Å². The lowest BCUT2D eigenvalue weighted by Crippen LogP contribution is -2.46. The quantitative estimate of drug-likeness (QED) is 0.818. The summed E-state index contributed by atoms with van der Waals surface area (Å²) in [6.07, 6.45) is 6.30. The molecule has 18 heavy (non-hydrogen) atoms. The number of amides is 1. The molecule has 3 atom stereocenters. The van der Waals surface area contributed by atoms with E-state index < -0.39 is 0 Å². The van der Waals surface area contributed by atoms with Gasteiger partial charge in [-0.2, -0.15) is 0 Å². The van der Waals surface area contributed by atoms with Gasteiger partial charge in [-0.15, -0.1) is 0 Å². The molecule has 2 fully saturated rings. The summed E-state index contributed by atoms with van der Waals surface area (Å²) in [5.74, 6) is 1.04. The Kier molecular flexibility index (Phi) is 4.00. The summed E-state index contributed by atoms with van der Waals surface area (Å²) in [5, 5.41) is 3.57.